The molecule has 0 aromatic rings. The Labute approximate surface area is 98.6 Å². The van der Waals surface area contributed by atoms with Crippen LogP contribution in [0.1, 0.15) is 20.3 Å². The Kier molecular flexibility index (Phi) is 22.9. The SMILES string of the molecule is CCC(C)N.[B]B([B])[B].[B][B]B([B])[B]. The zero-order valence-electron chi connectivity index (χ0n) is 9.06. The second kappa shape index (κ2) is 16.0. The van der Waals surface area contributed by atoms with Crippen LogP contribution in [-0.4, -0.2) is 72.3 Å². The van der Waals surface area contributed by atoms with E-state index in [1.165, 1.54) is 7.06 Å². The molecule has 0 saturated carbocycles. The van der Waals surface area contributed by atoms with Gasteiger partial charge in [-0.1, -0.05) is 6.92 Å². The summed E-state index contributed by atoms with van der Waals surface area (Å²) in [5.74, 6) is 0. The molecule has 1 nitrogen and oxygen atoms in total. The first-order valence-corrected chi connectivity index (χ1v) is 4.36. The predicted molar refractivity (Wildman–Crippen MR) is 75.7 cm³/mol. The van der Waals surface area contributed by atoms with E-state index in [1.807, 2.05) is 6.92 Å². The third-order valence-electron chi connectivity index (χ3n) is 0.866. The molecule has 0 rings (SSSR count). The first kappa shape index (κ1) is 20.0. The molecule has 0 bridgehead atoms. The lowest BCUT2D eigenvalue weighted by molar-refractivity contribution is 0.715. The highest BCUT2D eigenvalue weighted by molar-refractivity contribution is 7.60. The van der Waals surface area contributed by atoms with E-state index < -0.39 is 12.8 Å². The molecular weight excluding hydrogens is 159 g/mol. The average molecular weight is 170 g/mol. The molecule has 13 radical (unpaired) electrons. The van der Waals surface area contributed by atoms with Gasteiger partial charge in [0.15, 0.2) is 0 Å². The molecule has 0 spiro atoms. The molecule has 0 aromatic carbocycles. The molecule has 14 heavy (non-hydrogen) atoms. The summed E-state index contributed by atoms with van der Waals surface area (Å²) in [4.78, 5) is 0. The lowest BCUT2D eigenvalue weighted by atomic mass is 8.97. The first-order valence-electron chi connectivity index (χ1n) is 4.36. The van der Waals surface area contributed by atoms with Crippen LogP contribution in [0.2, 0.25) is 0 Å². The fourth-order valence-electron chi connectivity index (χ4n) is 0. The first-order chi connectivity index (χ1) is 6.27. The lowest BCUT2D eigenvalue weighted by Crippen LogP contribution is -2.23. The summed E-state index contributed by atoms with van der Waals surface area (Å²) < 4.78 is 0. The number of rotatable bonds is 2. The van der Waals surface area contributed by atoms with Crippen molar-refractivity contribution in [1.82, 2.24) is 0 Å². The van der Waals surface area contributed by atoms with Crippen LogP contribution < -0.4 is 5.73 Å². The standard InChI is InChI=1S/C4H11N.B5.B4/c1-3-4(2)5;1-4-5(2)3;1-4(2)3/h4H,3,5H2,1-2H3;;. The molecule has 0 amide bonds. The third kappa shape index (κ3) is 81.0. The molecule has 10 heteroatoms. The zero-order valence-corrected chi connectivity index (χ0v) is 9.06. The summed E-state index contributed by atoms with van der Waals surface area (Å²) in [6.45, 7) is 4.07. The van der Waals surface area contributed by atoms with Crippen molar-refractivity contribution in [1.29, 1.82) is 0 Å². The van der Waals surface area contributed by atoms with Crippen molar-refractivity contribution in [2.45, 2.75) is 26.3 Å². The third-order valence-corrected chi connectivity index (χ3v) is 0.866. The van der Waals surface area contributed by atoms with Gasteiger partial charge in [0.1, 0.15) is 0 Å². The van der Waals surface area contributed by atoms with Crippen LogP contribution in [0.25, 0.3) is 0 Å². The Morgan fingerprint density at radius 2 is 1.36 bits per heavy atom. The molecule has 0 aromatic heterocycles. The largest absolute Gasteiger partial charge is 0.328 e. The van der Waals surface area contributed by atoms with E-state index in [1.54, 1.807) is 0 Å². The van der Waals surface area contributed by atoms with Crippen LogP contribution in [0, 0.1) is 0 Å². The normalized spacial score (nSPS) is 9.36. The van der Waals surface area contributed by atoms with Gasteiger partial charge in [0.25, 0.3) is 0 Å². The average Bonchev–Trinajstić information content (AvgIpc) is 2.04. The molecule has 1 atom stereocenters. The molecule has 2 N–H and O–H groups in total. The highest BCUT2D eigenvalue weighted by atomic mass is 14.6. The van der Waals surface area contributed by atoms with Gasteiger partial charge in [-0.3, -0.25) is 0 Å². The molecule has 0 saturated heterocycles. The Hall–Kier alpha value is 0.544. The molecule has 0 fully saturated rings. The topological polar surface area (TPSA) is 26.0 Å². The minimum atomic E-state index is -0.667. The summed E-state index contributed by atoms with van der Waals surface area (Å²) in [5, 5.41) is 0. The second-order valence-corrected chi connectivity index (χ2v) is 2.73. The van der Waals surface area contributed by atoms with Crippen molar-refractivity contribution in [2.75, 3.05) is 0 Å². The quantitative estimate of drug-likeness (QED) is 0.449. The Balaban J connectivity index is -0.000000131. The van der Waals surface area contributed by atoms with Crippen molar-refractivity contribution in [3.05, 3.63) is 0 Å². The Morgan fingerprint density at radius 3 is 1.36 bits per heavy atom. The molecule has 59 valence electrons. The van der Waals surface area contributed by atoms with Crippen LogP contribution in [0.3, 0.4) is 0 Å². The fraction of sp³-hybridized carbons (Fsp3) is 1.00. The van der Waals surface area contributed by atoms with Gasteiger partial charge in [0.2, 0.25) is 0 Å². The second-order valence-electron chi connectivity index (χ2n) is 2.73. The van der Waals surface area contributed by atoms with E-state index in [9.17, 15) is 0 Å². The summed E-state index contributed by atoms with van der Waals surface area (Å²) in [5.41, 5.74) is 5.29. The van der Waals surface area contributed by atoms with Gasteiger partial charge in [0.05, 0.1) is 0 Å². The minimum absolute atomic E-state index is 0.384. The molecular formula is C4H11B9N. The van der Waals surface area contributed by atoms with Gasteiger partial charge in [-0.2, -0.15) is 0 Å². The number of hydrogen-bond donors (Lipinski definition) is 1. The smallest absolute Gasteiger partial charge is 0.000781 e. The van der Waals surface area contributed by atoms with Gasteiger partial charge in [-0.25, -0.2) is 0 Å². The highest BCUT2D eigenvalue weighted by Gasteiger charge is 1.85. The van der Waals surface area contributed by atoms with E-state index >= 15 is 0 Å². The fourth-order valence-corrected chi connectivity index (χ4v) is 0. The summed E-state index contributed by atoms with van der Waals surface area (Å²) in [7, 11) is 29.8. The van der Waals surface area contributed by atoms with Crippen LogP contribution in [0.4, 0.5) is 0 Å². The predicted octanol–water partition coefficient (Wildman–Crippen LogP) is -2.68. The maximum absolute atomic E-state index is 5.29. The van der Waals surface area contributed by atoms with Crippen LogP contribution in [0.15, 0.2) is 0 Å². The Bertz CT molecular complexity index is 76.1. The maximum atomic E-state index is 5.29. The molecule has 0 aliphatic carbocycles. The Morgan fingerprint density at radius 1 is 1.21 bits per heavy atom. The van der Waals surface area contributed by atoms with Crippen LogP contribution >= 0.6 is 0 Å². The van der Waals surface area contributed by atoms with E-state index in [0.717, 1.165) is 6.42 Å². The van der Waals surface area contributed by atoms with Gasteiger partial charge < -0.3 is 5.73 Å². The highest BCUT2D eigenvalue weighted by Crippen LogP contribution is 1.77. The van der Waals surface area contributed by atoms with Crippen LogP contribution in [0.5, 0.6) is 0 Å². The summed E-state index contributed by atoms with van der Waals surface area (Å²) in [6.07, 6.45) is -0.0463. The number of nitrogens with two attached hydrogens (primary N) is 1. The molecule has 0 heterocycles. The van der Waals surface area contributed by atoms with E-state index in [2.05, 4.69) is 30.1 Å². The lowest BCUT2D eigenvalue weighted by Gasteiger charge is -1.91. The monoisotopic (exact) mass is 172 g/mol. The van der Waals surface area contributed by atoms with E-state index in [-0.39, 0.29) is 0 Å². The van der Waals surface area contributed by atoms with Crippen molar-refractivity contribution in [3.63, 3.8) is 0 Å². The minimum Gasteiger partial charge on any atom is -0.328 e. The van der Waals surface area contributed by atoms with Crippen LogP contribution in [-0.2, 0) is 0 Å². The number of hydrogen-bond acceptors (Lipinski definition) is 1. The van der Waals surface area contributed by atoms with E-state index in [4.69, 9.17) is 28.9 Å². The van der Waals surface area contributed by atoms with E-state index in [0.29, 0.717) is 6.04 Å². The van der Waals surface area contributed by atoms with Crippen molar-refractivity contribution < 1.29 is 0 Å². The van der Waals surface area contributed by atoms with Gasteiger partial charge in [-0.05, 0) is 13.3 Å². The van der Waals surface area contributed by atoms with Gasteiger partial charge in [-0.15, -0.1) is 0 Å². The molecule has 0 aliphatic heterocycles. The van der Waals surface area contributed by atoms with Crippen molar-refractivity contribution >= 4 is 66.3 Å². The van der Waals surface area contributed by atoms with Crippen molar-refractivity contribution in [2.24, 2.45) is 5.73 Å². The summed E-state index contributed by atoms with van der Waals surface area (Å²) in [6, 6.07) is 0.384. The van der Waals surface area contributed by atoms with Crippen molar-refractivity contribution in [3.8, 4) is 0 Å². The van der Waals surface area contributed by atoms with Gasteiger partial charge in [0, 0.05) is 72.3 Å². The summed E-state index contributed by atoms with van der Waals surface area (Å²) >= 11 is 0. The zero-order chi connectivity index (χ0) is 12.1. The van der Waals surface area contributed by atoms with Gasteiger partial charge >= 0.3 is 0 Å². The maximum Gasteiger partial charge on any atom is 0.000781 e. The molecule has 1 unspecified atom stereocenters. The molecule has 0 aliphatic rings.